The van der Waals surface area contributed by atoms with Gasteiger partial charge in [0.15, 0.2) is 0 Å². The molecule has 0 unspecified atom stereocenters. The van der Waals surface area contributed by atoms with Crippen molar-refractivity contribution in [3.63, 3.8) is 0 Å². The Morgan fingerprint density at radius 2 is 2.00 bits per heavy atom. The Labute approximate surface area is 100 Å². The smallest absolute Gasteiger partial charge is 0.135 e. The molecule has 1 aliphatic rings. The number of H-pyrrole nitrogens is 1. The van der Waals surface area contributed by atoms with Crippen LogP contribution in [0, 0.1) is 11.7 Å². The average molecular weight is 232 g/mol. The average Bonchev–Trinajstić information content (AvgIpc) is 2.83. The fourth-order valence-corrected chi connectivity index (χ4v) is 2.70. The van der Waals surface area contributed by atoms with Gasteiger partial charge < -0.3 is 10.3 Å². The second kappa shape index (κ2) is 4.49. The fraction of sp³-hybridized carbons (Fsp3) is 0.429. The zero-order chi connectivity index (χ0) is 11.7. The van der Waals surface area contributed by atoms with Crippen LogP contribution in [0.15, 0.2) is 24.4 Å². The molecule has 3 rings (SSSR count). The van der Waals surface area contributed by atoms with Crippen LogP contribution in [0.3, 0.4) is 0 Å². The van der Waals surface area contributed by atoms with Crippen LogP contribution in [-0.4, -0.2) is 18.1 Å². The fourth-order valence-electron chi connectivity index (χ4n) is 2.70. The molecule has 1 aliphatic heterocycles. The number of piperidine rings is 1. The van der Waals surface area contributed by atoms with E-state index in [0.29, 0.717) is 5.92 Å². The number of hydrogen-bond acceptors (Lipinski definition) is 1. The van der Waals surface area contributed by atoms with Gasteiger partial charge in [-0.25, -0.2) is 4.39 Å². The molecule has 0 spiro atoms. The van der Waals surface area contributed by atoms with Crippen LogP contribution in [0.1, 0.15) is 18.4 Å². The molecule has 2 N–H and O–H groups in total. The minimum absolute atomic E-state index is 0.0396. The van der Waals surface area contributed by atoms with Gasteiger partial charge in [-0.05, 0) is 56.0 Å². The molecule has 0 radical (unpaired) electrons. The lowest BCUT2D eigenvalue weighted by Gasteiger charge is -2.22. The van der Waals surface area contributed by atoms with Crippen molar-refractivity contribution < 1.29 is 4.39 Å². The van der Waals surface area contributed by atoms with E-state index in [0.717, 1.165) is 48.8 Å². The van der Waals surface area contributed by atoms with Crippen molar-refractivity contribution in [1.29, 1.82) is 0 Å². The summed E-state index contributed by atoms with van der Waals surface area (Å²) in [5, 5.41) is 4.06. The zero-order valence-corrected chi connectivity index (χ0v) is 9.80. The highest BCUT2D eigenvalue weighted by Gasteiger charge is 2.16. The first-order valence-corrected chi connectivity index (χ1v) is 6.30. The summed E-state index contributed by atoms with van der Waals surface area (Å²) in [5.41, 5.74) is 1.75. The van der Waals surface area contributed by atoms with Crippen LogP contribution in [0.2, 0.25) is 0 Å². The van der Waals surface area contributed by atoms with E-state index in [1.54, 1.807) is 6.20 Å². The second-order valence-corrected chi connectivity index (χ2v) is 4.88. The first kappa shape index (κ1) is 10.8. The Morgan fingerprint density at radius 3 is 2.82 bits per heavy atom. The number of nitrogens with one attached hydrogen (secondary N) is 2. The van der Waals surface area contributed by atoms with Crippen molar-refractivity contribution in [3.05, 3.63) is 35.8 Å². The summed E-state index contributed by atoms with van der Waals surface area (Å²) in [6.45, 7) is 2.14. The Hall–Kier alpha value is -1.35. The van der Waals surface area contributed by atoms with E-state index in [-0.39, 0.29) is 5.82 Å². The minimum atomic E-state index is -0.0396. The van der Waals surface area contributed by atoms with E-state index in [9.17, 15) is 4.39 Å². The van der Waals surface area contributed by atoms with E-state index in [1.165, 1.54) is 0 Å². The minimum Gasteiger partial charge on any atom is -0.361 e. The van der Waals surface area contributed by atoms with E-state index in [4.69, 9.17) is 0 Å². The maximum atomic E-state index is 14.2. The van der Waals surface area contributed by atoms with Gasteiger partial charge in [0.2, 0.25) is 0 Å². The SMILES string of the molecule is Fc1c(CC2CCNCC2)ccc2[nH]ccc12. The lowest BCUT2D eigenvalue weighted by Crippen LogP contribution is -2.28. The third kappa shape index (κ3) is 2.07. The number of halogens is 1. The number of rotatable bonds is 2. The number of aromatic nitrogens is 1. The molecular weight excluding hydrogens is 215 g/mol. The lowest BCUT2D eigenvalue weighted by atomic mass is 9.90. The summed E-state index contributed by atoms with van der Waals surface area (Å²) in [6, 6.07) is 5.72. The molecule has 1 aromatic carbocycles. The number of benzene rings is 1. The molecule has 17 heavy (non-hydrogen) atoms. The first-order chi connectivity index (χ1) is 8.34. The Bertz CT molecular complexity index is 512. The largest absolute Gasteiger partial charge is 0.361 e. The van der Waals surface area contributed by atoms with Crippen LogP contribution in [0.5, 0.6) is 0 Å². The van der Waals surface area contributed by atoms with Crippen LogP contribution < -0.4 is 5.32 Å². The van der Waals surface area contributed by atoms with Crippen molar-refractivity contribution in [1.82, 2.24) is 10.3 Å². The highest BCUT2D eigenvalue weighted by atomic mass is 19.1. The molecule has 0 amide bonds. The summed E-state index contributed by atoms with van der Waals surface area (Å²) in [6.07, 6.45) is 4.98. The van der Waals surface area contributed by atoms with Gasteiger partial charge in [0.25, 0.3) is 0 Å². The predicted molar refractivity (Wildman–Crippen MR) is 67.6 cm³/mol. The summed E-state index contributed by atoms with van der Waals surface area (Å²) in [4.78, 5) is 3.04. The van der Waals surface area contributed by atoms with Gasteiger partial charge in [0.1, 0.15) is 5.82 Å². The standard InChI is InChI=1S/C14H17FN2/c15-14-11(9-10-3-6-16-7-4-10)1-2-13-12(14)5-8-17-13/h1-2,5,8,10,16-17H,3-4,6-7,9H2. The summed E-state index contributed by atoms with van der Waals surface area (Å²) in [7, 11) is 0. The topological polar surface area (TPSA) is 27.8 Å². The Kier molecular flexibility index (Phi) is 2.85. The third-order valence-electron chi connectivity index (χ3n) is 3.72. The quantitative estimate of drug-likeness (QED) is 0.818. The summed E-state index contributed by atoms with van der Waals surface area (Å²) < 4.78 is 14.2. The molecule has 3 heteroatoms. The highest BCUT2D eigenvalue weighted by molar-refractivity contribution is 5.80. The predicted octanol–water partition coefficient (Wildman–Crippen LogP) is 2.85. The molecular formula is C14H17FN2. The Morgan fingerprint density at radius 1 is 1.18 bits per heavy atom. The number of hydrogen-bond donors (Lipinski definition) is 2. The van der Waals surface area contributed by atoms with Crippen molar-refractivity contribution in [2.24, 2.45) is 5.92 Å². The first-order valence-electron chi connectivity index (χ1n) is 6.30. The summed E-state index contributed by atoms with van der Waals surface area (Å²) >= 11 is 0. The molecule has 90 valence electrons. The van der Waals surface area contributed by atoms with E-state index >= 15 is 0 Å². The maximum absolute atomic E-state index is 14.2. The van der Waals surface area contributed by atoms with Gasteiger partial charge in [-0.1, -0.05) is 6.07 Å². The molecule has 0 aliphatic carbocycles. The summed E-state index contributed by atoms with van der Waals surface area (Å²) in [5.74, 6) is 0.587. The molecule has 1 saturated heterocycles. The molecule has 0 bridgehead atoms. The van der Waals surface area contributed by atoms with Gasteiger partial charge in [0.05, 0.1) is 0 Å². The second-order valence-electron chi connectivity index (χ2n) is 4.88. The normalized spacial score (nSPS) is 17.7. The van der Waals surface area contributed by atoms with Crippen LogP contribution in [0.4, 0.5) is 4.39 Å². The van der Waals surface area contributed by atoms with Crippen molar-refractivity contribution in [2.75, 3.05) is 13.1 Å². The maximum Gasteiger partial charge on any atom is 0.135 e. The van der Waals surface area contributed by atoms with E-state index < -0.39 is 0 Å². The van der Waals surface area contributed by atoms with Crippen molar-refractivity contribution in [2.45, 2.75) is 19.3 Å². The Balaban J connectivity index is 1.86. The monoisotopic (exact) mass is 232 g/mol. The lowest BCUT2D eigenvalue weighted by molar-refractivity contribution is 0.369. The molecule has 2 nitrogen and oxygen atoms in total. The van der Waals surface area contributed by atoms with Gasteiger partial charge in [-0.2, -0.15) is 0 Å². The molecule has 0 atom stereocenters. The van der Waals surface area contributed by atoms with Crippen molar-refractivity contribution >= 4 is 10.9 Å². The highest BCUT2D eigenvalue weighted by Crippen LogP contribution is 2.24. The van der Waals surface area contributed by atoms with Crippen LogP contribution in [-0.2, 0) is 6.42 Å². The molecule has 1 fully saturated rings. The van der Waals surface area contributed by atoms with Gasteiger partial charge in [-0.3, -0.25) is 0 Å². The van der Waals surface area contributed by atoms with Crippen LogP contribution in [0.25, 0.3) is 10.9 Å². The molecule has 2 aromatic rings. The van der Waals surface area contributed by atoms with Gasteiger partial charge in [-0.15, -0.1) is 0 Å². The van der Waals surface area contributed by atoms with E-state index in [1.807, 2.05) is 18.2 Å². The third-order valence-corrected chi connectivity index (χ3v) is 3.72. The molecule has 2 heterocycles. The van der Waals surface area contributed by atoms with Gasteiger partial charge in [0, 0.05) is 17.1 Å². The molecule has 1 aromatic heterocycles. The van der Waals surface area contributed by atoms with E-state index in [2.05, 4.69) is 10.3 Å². The number of aromatic amines is 1. The van der Waals surface area contributed by atoms with Crippen LogP contribution >= 0.6 is 0 Å². The zero-order valence-electron chi connectivity index (χ0n) is 9.80. The van der Waals surface area contributed by atoms with Gasteiger partial charge >= 0.3 is 0 Å². The van der Waals surface area contributed by atoms with Crippen molar-refractivity contribution in [3.8, 4) is 0 Å². The molecule has 0 saturated carbocycles. The number of fused-ring (bicyclic) bond motifs is 1.